The van der Waals surface area contributed by atoms with E-state index in [0.29, 0.717) is 4.80 Å². The Balaban J connectivity index is 1.79. The summed E-state index contributed by atoms with van der Waals surface area (Å²) in [6.07, 6.45) is -2.29. The van der Waals surface area contributed by atoms with Crippen molar-refractivity contribution in [2.24, 2.45) is 15.3 Å². The Morgan fingerprint density at radius 3 is 2.51 bits per heavy atom. The first kappa shape index (κ1) is 26.6. The molecular weight excluding hydrogens is 538 g/mol. The average molecular weight is 562 g/mol. The van der Waals surface area contributed by atoms with Gasteiger partial charge in [0.05, 0.1) is 24.7 Å². The molecule has 184 valence electrons. The van der Waals surface area contributed by atoms with E-state index < -0.39 is 30.8 Å². The lowest BCUT2D eigenvalue weighted by molar-refractivity contribution is -0.121. The summed E-state index contributed by atoms with van der Waals surface area (Å²) in [6.45, 7) is -0.873. The zero-order valence-electron chi connectivity index (χ0n) is 18.3. The highest BCUT2D eigenvalue weighted by molar-refractivity contribution is 9.10. The summed E-state index contributed by atoms with van der Waals surface area (Å²) in [5.41, 5.74) is 4.78. The minimum absolute atomic E-state index is 0.143. The number of amides is 1. The highest BCUT2D eigenvalue weighted by atomic mass is 79.9. The number of aliphatic hydroxyl groups excluding tert-OH is 4. The normalized spacial score (nSPS) is 14.9. The average Bonchev–Trinajstić information content (AvgIpc) is 3.26. The zero-order chi connectivity index (χ0) is 25.2. The number of hydrogen-bond donors (Lipinski definition) is 5. The third kappa shape index (κ3) is 7.75. The standard InChI is InChI=1S/C23H24BrN5O5S/c24-17-8-6-15(7-9-17)10-25-28-23-29(18(14-35-23)16-4-2-1-3-5-16)12-21(33)27-26-11-19(31)22(34)20(32)13-30/h1-11,14,19-20,22,30-32,34H,12-13H2,(H,27,33)/b25-10+,26-11+,28-23+/t19-,20+,22+/m0/s1. The Kier molecular flexibility index (Phi) is 10.0. The molecule has 0 aliphatic rings. The lowest BCUT2D eigenvalue weighted by Gasteiger charge is -2.18. The van der Waals surface area contributed by atoms with Crippen LogP contribution in [0, 0.1) is 0 Å². The highest BCUT2D eigenvalue weighted by Crippen LogP contribution is 2.19. The lowest BCUT2D eigenvalue weighted by atomic mass is 10.1. The number of carbonyl (C=O) groups excluding carboxylic acids is 1. The molecule has 0 fully saturated rings. The van der Waals surface area contributed by atoms with E-state index in [1.807, 2.05) is 60.0 Å². The van der Waals surface area contributed by atoms with E-state index in [1.165, 1.54) is 11.3 Å². The number of carbonyl (C=O) groups is 1. The van der Waals surface area contributed by atoms with Crippen LogP contribution < -0.4 is 10.2 Å². The van der Waals surface area contributed by atoms with Crippen molar-refractivity contribution in [1.29, 1.82) is 0 Å². The van der Waals surface area contributed by atoms with Gasteiger partial charge in [0, 0.05) is 9.85 Å². The molecule has 0 aliphatic heterocycles. The Morgan fingerprint density at radius 2 is 1.83 bits per heavy atom. The molecule has 0 aliphatic carbocycles. The van der Waals surface area contributed by atoms with E-state index in [4.69, 9.17) is 5.11 Å². The van der Waals surface area contributed by atoms with Crippen LogP contribution in [0.1, 0.15) is 5.56 Å². The number of nitrogens with zero attached hydrogens (tertiary/aromatic N) is 4. The lowest BCUT2D eigenvalue weighted by Crippen LogP contribution is -2.40. The summed E-state index contributed by atoms with van der Waals surface area (Å²) in [6, 6.07) is 17.0. The summed E-state index contributed by atoms with van der Waals surface area (Å²) in [5.74, 6) is -0.514. The van der Waals surface area contributed by atoms with E-state index >= 15 is 0 Å². The number of hydrogen-bond acceptors (Lipinski definition) is 9. The number of aliphatic hydroxyl groups is 4. The summed E-state index contributed by atoms with van der Waals surface area (Å²) in [7, 11) is 0. The molecule has 10 nitrogen and oxygen atoms in total. The smallest absolute Gasteiger partial charge is 0.260 e. The topological polar surface area (TPSA) is 152 Å². The molecule has 0 bridgehead atoms. The predicted octanol–water partition coefficient (Wildman–Crippen LogP) is 1.09. The van der Waals surface area contributed by atoms with Gasteiger partial charge in [-0.05, 0) is 23.3 Å². The molecule has 1 heterocycles. The van der Waals surface area contributed by atoms with Crippen LogP contribution >= 0.6 is 27.3 Å². The van der Waals surface area contributed by atoms with Crippen molar-refractivity contribution in [1.82, 2.24) is 9.99 Å². The fraction of sp³-hybridized carbons (Fsp3) is 0.217. The van der Waals surface area contributed by atoms with Crippen molar-refractivity contribution in [2.45, 2.75) is 24.9 Å². The van der Waals surface area contributed by atoms with Crippen LogP contribution in [-0.2, 0) is 11.3 Å². The van der Waals surface area contributed by atoms with Gasteiger partial charge in [0.25, 0.3) is 5.91 Å². The Hall–Kier alpha value is -3.00. The summed E-state index contributed by atoms with van der Waals surface area (Å²) >= 11 is 4.71. The van der Waals surface area contributed by atoms with Gasteiger partial charge in [-0.25, -0.2) is 5.43 Å². The molecule has 0 radical (unpaired) electrons. The predicted molar refractivity (Wildman–Crippen MR) is 137 cm³/mol. The molecular formula is C23H24BrN5O5S. The molecule has 0 spiro atoms. The van der Waals surface area contributed by atoms with Gasteiger partial charge in [0.2, 0.25) is 4.80 Å². The minimum Gasteiger partial charge on any atom is -0.394 e. The van der Waals surface area contributed by atoms with Crippen molar-refractivity contribution in [3.8, 4) is 11.3 Å². The third-order valence-corrected chi connectivity index (χ3v) is 6.12. The Morgan fingerprint density at radius 1 is 1.11 bits per heavy atom. The highest BCUT2D eigenvalue weighted by Gasteiger charge is 2.22. The van der Waals surface area contributed by atoms with Crippen molar-refractivity contribution in [3.05, 3.63) is 74.8 Å². The molecule has 3 rings (SSSR count). The van der Waals surface area contributed by atoms with E-state index in [1.54, 1.807) is 10.8 Å². The number of aromatic nitrogens is 1. The van der Waals surface area contributed by atoms with Crippen LogP contribution in [0.4, 0.5) is 0 Å². The van der Waals surface area contributed by atoms with Crippen LogP contribution in [0.25, 0.3) is 11.3 Å². The molecule has 3 atom stereocenters. The molecule has 2 aromatic carbocycles. The number of benzene rings is 2. The fourth-order valence-electron chi connectivity index (χ4n) is 2.88. The van der Waals surface area contributed by atoms with Gasteiger partial charge in [-0.3, -0.25) is 4.79 Å². The van der Waals surface area contributed by atoms with Crippen molar-refractivity contribution in [3.63, 3.8) is 0 Å². The molecule has 12 heteroatoms. The second-order valence-corrected chi connectivity index (χ2v) is 9.05. The number of thiazole rings is 1. The molecule has 0 saturated heterocycles. The monoisotopic (exact) mass is 561 g/mol. The summed E-state index contributed by atoms with van der Waals surface area (Å²) in [5, 5.41) is 51.6. The number of rotatable bonds is 10. The van der Waals surface area contributed by atoms with Gasteiger partial charge < -0.3 is 25.0 Å². The number of halogens is 1. The van der Waals surface area contributed by atoms with Crippen LogP contribution in [-0.4, -0.2) is 68.2 Å². The SMILES string of the molecule is O=C(Cn1c(-c2ccccc2)cs/c1=N/N=C/c1ccc(Br)cc1)N/N=C/[C@H](O)[C@@H](O)[C@H](O)CO. The molecule has 5 N–H and O–H groups in total. The second-order valence-electron chi connectivity index (χ2n) is 7.30. The third-order valence-electron chi connectivity index (χ3n) is 4.74. The minimum atomic E-state index is -1.65. The maximum absolute atomic E-state index is 12.6. The largest absolute Gasteiger partial charge is 0.394 e. The van der Waals surface area contributed by atoms with Gasteiger partial charge in [0.15, 0.2) is 0 Å². The van der Waals surface area contributed by atoms with Gasteiger partial charge in [-0.1, -0.05) is 58.4 Å². The number of nitrogens with one attached hydrogen (secondary N) is 1. The van der Waals surface area contributed by atoms with Crippen molar-refractivity contribution < 1.29 is 25.2 Å². The molecule has 1 amide bonds. The Bertz CT molecular complexity index is 1230. The molecule has 0 unspecified atom stereocenters. The summed E-state index contributed by atoms with van der Waals surface area (Å²) in [4.78, 5) is 13.0. The molecule has 35 heavy (non-hydrogen) atoms. The first-order chi connectivity index (χ1) is 16.9. The van der Waals surface area contributed by atoms with Crippen LogP contribution in [0.15, 0.2) is 79.8 Å². The fourth-order valence-corrected chi connectivity index (χ4v) is 4.01. The zero-order valence-corrected chi connectivity index (χ0v) is 20.7. The number of hydrazone groups is 1. The summed E-state index contributed by atoms with van der Waals surface area (Å²) < 4.78 is 2.64. The quantitative estimate of drug-likeness (QED) is 0.185. The molecule has 3 aromatic rings. The first-order valence-corrected chi connectivity index (χ1v) is 12.1. The maximum atomic E-state index is 12.6. The van der Waals surface area contributed by atoms with Crippen molar-refractivity contribution in [2.75, 3.05) is 6.61 Å². The molecule has 0 saturated carbocycles. The maximum Gasteiger partial charge on any atom is 0.260 e. The van der Waals surface area contributed by atoms with Gasteiger partial charge in [-0.15, -0.1) is 16.4 Å². The van der Waals surface area contributed by atoms with Crippen LogP contribution in [0.2, 0.25) is 0 Å². The van der Waals surface area contributed by atoms with Crippen LogP contribution in [0.3, 0.4) is 0 Å². The van der Waals surface area contributed by atoms with E-state index in [2.05, 4.69) is 36.7 Å². The molecule has 1 aromatic heterocycles. The van der Waals surface area contributed by atoms with Crippen LogP contribution in [0.5, 0.6) is 0 Å². The Labute approximate surface area is 213 Å². The van der Waals surface area contributed by atoms with E-state index in [9.17, 15) is 20.1 Å². The van der Waals surface area contributed by atoms with Gasteiger partial charge >= 0.3 is 0 Å². The van der Waals surface area contributed by atoms with Gasteiger partial charge in [-0.2, -0.15) is 10.2 Å². The van der Waals surface area contributed by atoms with Gasteiger partial charge in [0.1, 0.15) is 24.9 Å². The van der Waals surface area contributed by atoms with E-state index in [0.717, 1.165) is 27.5 Å². The first-order valence-electron chi connectivity index (χ1n) is 10.4. The second kappa shape index (κ2) is 13.2. The van der Waals surface area contributed by atoms with Crippen molar-refractivity contribution >= 4 is 45.6 Å². The van der Waals surface area contributed by atoms with E-state index in [-0.39, 0.29) is 6.54 Å².